The molecule has 0 radical (unpaired) electrons. The van der Waals surface area contributed by atoms with Gasteiger partial charge in [0.05, 0.1) is 11.9 Å². The van der Waals surface area contributed by atoms with E-state index in [0.29, 0.717) is 12.8 Å². The van der Waals surface area contributed by atoms with Crippen LogP contribution in [0.1, 0.15) is 65.2 Å². The lowest BCUT2D eigenvalue weighted by Crippen LogP contribution is -2.49. The molecule has 28 heavy (non-hydrogen) atoms. The molecule has 0 aromatic rings. The molecule has 0 aliphatic heterocycles. The van der Waals surface area contributed by atoms with Gasteiger partial charge in [-0.15, -0.1) is 13.2 Å². The first-order chi connectivity index (χ1) is 12.8. The van der Waals surface area contributed by atoms with E-state index in [2.05, 4.69) is 38.4 Å². The fourth-order valence-corrected chi connectivity index (χ4v) is 2.42. The third-order valence-electron chi connectivity index (χ3n) is 3.52. The quantitative estimate of drug-likeness (QED) is 0.289. The van der Waals surface area contributed by atoms with Crippen LogP contribution in [0.3, 0.4) is 0 Å². The maximum atomic E-state index is 10.5. The first-order valence-electron chi connectivity index (χ1n) is 8.62. The number of carbonyl (C=O) groups excluding carboxylic acids is 4. The molecule has 2 unspecified atom stereocenters. The van der Waals surface area contributed by atoms with Gasteiger partial charge in [-0.2, -0.15) is 0 Å². The third kappa shape index (κ3) is 14.4. The van der Waals surface area contributed by atoms with Crippen LogP contribution in [-0.4, -0.2) is 43.6 Å². The molecule has 8 nitrogen and oxygen atoms in total. The minimum atomic E-state index is -2.07. The van der Waals surface area contributed by atoms with Crippen LogP contribution in [-0.2, 0) is 44.4 Å². The molecule has 2 atom stereocenters. The largest absolute Gasteiger partial charge is 0.742 e. The van der Waals surface area contributed by atoms with Crippen molar-refractivity contribution < 1.29 is 39.6 Å². The van der Waals surface area contributed by atoms with Crippen molar-refractivity contribution in [2.75, 3.05) is 0 Å². The van der Waals surface area contributed by atoms with E-state index in [1.54, 1.807) is 0 Å². The zero-order valence-electron chi connectivity index (χ0n) is 16.2. The highest BCUT2D eigenvalue weighted by Crippen LogP contribution is 2.19. The molecule has 0 aromatic carbocycles. The van der Waals surface area contributed by atoms with Gasteiger partial charge in [-0.25, -0.2) is 0 Å². The first kappa shape index (κ1) is 31.1. The number of aliphatic carboxylic acids is 2. The Hall–Kier alpha value is -1.62. The molecule has 0 aliphatic rings. The Morgan fingerprint density at radius 3 is 1.18 bits per heavy atom. The molecule has 0 heterocycles. The normalized spacial score (nSPS) is 14.0. The second kappa shape index (κ2) is 16.3. The molecule has 164 valence electrons. The molecule has 10 heteroatoms. The Morgan fingerprint density at radius 2 is 1.04 bits per heavy atom. The second-order valence-corrected chi connectivity index (χ2v) is 6.85. The van der Waals surface area contributed by atoms with Crippen molar-refractivity contribution in [1.29, 1.82) is 0 Å². The summed E-state index contributed by atoms with van der Waals surface area (Å²) in [7, 11) is 0. The van der Waals surface area contributed by atoms with Gasteiger partial charge < -0.3 is 64.9 Å². The smallest absolute Gasteiger partial charge is 0.109 e. The molecule has 2 N–H and O–H groups in total. The molecular weight excluding hydrogens is 408 g/mol. The van der Waals surface area contributed by atoms with Crippen molar-refractivity contribution in [3.8, 4) is 0 Å². The molecule has 0 bridgehead atoms. The number of aliphatic hydroxyl groups is 2. The summed E-state index contributed by atoms with van der Waals surface area (Å²) < 4.78 is 0. The van der Waals surface area contributed by atoms with E-state index >= 15 is 0 Å². The van der Waals surface area contributed by atoms with Gasteiger partial charge in [-0.3, -0.25) is 0 Å². The van der Waals surface area contributed by atoms with Gasteiger partial charge in [-0.05, 0) is 12.8 Å². The van der Waals surface area contributed by atoms with E-state index in [-0.39, 0.29) is 12.8 Å². The Balaban J connectivity index is -0.000000410. The van der Waals surface area contributed by atoms with Gasteiger partial charge in [0.2, 0.25) is 0 Å². The lowest BCUT2D eigenvalue weighted by atomic mass is 9.94. The van der Waals surface area contributed by atoms with Gasteiger partial charge >= 0.3 is 0 Å². The van der Waals surface area contributed by atoms with Crippen LogP contribution in [0.5, 0.6) is 0 Å². The van der Waals surface area contributed by atoms with E-state index in [4.69, 9.17) is 0 Å². The van der Waals surface area contributed by atoms with Crippen LogP contribution in [0.4, 0.5) is 0 Å². The summed E-state index contributed by atoms with van der Waals surface area (Å²) in [6.45, 7) is 9.70. The molecule has 0 aromatic heterocycles. The molecule has 0 rings (SSSR count). The number of carboxylic acids is 2. The Labute approximate surface area is 176 Å². The molecular formula is C18H28O8S2-4. The van der Waals surface area contributed by atoms with Crippen LogP contribution in [0, 0.1) is 0 Å². The number of carboxylic acid groups (broad SMARTS) is 2. The Morgan fingerprint density at radius 1 is 0.786 bits per heavy atom. The highest BCUT2D eigenvalue weighted by molar-refractivity contribution is 7.77. The summed E-state index contributed by atoms with van der Waals surface area (Å²) in [6, 6.07) is 0. The molecule has 0 amide bonds. The predicted octanol–water partition coefficient (Wildman–Crippen LogP) is -0.955. The lowest BCUT2D eigenvalue weighted by molar-refractivity contribution is -0.326. The average molecular weight is 437 g/mol. The number of hydrogen-bond donors (Lipinski definition) is 2. The molecule has 0 spiro atoms. The molecule has 0 aliphatic carbocycles. The topological polar surface area (TPSA) is 155 Å². The SMILES string of the molecule is C=C.CCCCC(O)(CC(=O)[S-])C(=O)[O-].CCCCC(O)(CC(=O)[S-])C(=O)[O-]. The molecule has 0 saturated heterocycles. The van der Waals surface area contributed by atoms with E-state index in [9.17, 15) is 39.6 Å². The highest BCUT2D eigenvalue weighted by Gasteiger charge is 2.28. The van der Waals surface area contributed by atoms with E-state index in [1.807, 2.05) is 13.8 Å². The fourth-order valence-electron chi connectivity index (χ4n) is 1.94. The monoisotopic (exact) mass is 436 g/mol. The van der Waals surface area contributed by atoms with Crippen molar-refractivity contribution in [1.82, 2.24) is 0 Å². The highest BCUT2D eigenvalue weighted by atomic mass is 32.1. The van der Waals surface area contributed by atoms with Crippen molar-refractivity contribution in [3.63, 3.8) is 0 Å². The number of rotatable bonds is 12. The van der Waals surface area contributed by atoms with Crippen LogP contribution < -0.4 is 10.2 Å². The van der Waals surface area contributed by atoms with Crippen LogP contribution in [0.15, 0.2) is 13.2 Å². The molecule has 0 fully saturated rings. The Bertz CT molecular complexity index is 468. The maximum Gasteiger partial charge on any atom is 0.109 e. The van der Waals surface area contributed by atoms with Crippen molar-refractivity contribution in [2.24, 2.45) is 0 Å². The van der Waals surface area contributed by atoms with Gasteiger partial charge in [0.25, 0.3) is 0 Å². The van der Waals surface area contributed by atoms with Gasteiger partial charge in [-0.1, -0.05) is 39.5 Å². The third-order valence-corrected chi connectivity index (χ3v) is 3.81. The fraction of sp³-hybridized carbons (Fsp3) is 0.667. The average Bonchev–Trinajstić information content (AvgIpc) is 2.59. The van der Waals surface area contributed by atoms with Gasteiger partial charge in [0.1, 0.15) is 11.2 Å². The molecule has 0 saturated carbocycles. The van der Waals surface area contributed by atoms with E-state index in [1.165, 1.54) is 0 Å². The first-order valence-corrected chi connectivity index (χ1v) is 9.43. The van der Waals surface area contributed by atoms with Gasteiger partial charge in [0.15, 0.2) is 0 Å². The van der Waals surface area contributed by atoms with Gasteiger partial charge in [0, 0.05) is 23.1 Å². The summed E-state index contributed by atoms with van der Waals surface area (Å²) in [4.78, 5) is 42.0. The van der Waals surface area contributed by atoms with Crippen molar-refractivity contribution in [3.05, 3.63) is 13.2 Å². The van der Waals surface area contributed by atoms with Crippen LogP contribution in [0.2, 0.25) is 0 Å². The van der Waals surface area contributed by atoms with E-state index < -0.39 is 46.2 Å². The zero-order valence-corrected chi connectivity index (χ0v) is 17.9. The number of hydrogen-bond acceptors (Lipinski definition) is 10. The summed E-state index contributed by atoms with van der Waals surface area (Å²) >= 11 is 8.41. The lowest BCUT2D eigenvalue weighted by Gasteiger charge is -2.29. The van der Waals surface area contributed by atoms with Crippen molar-refractivity contribution in [2.45, 2.75) is 76.4 Å². The zero-order chi connectivity index (χ0) is 23.0. The maximum absolute atomic E-state index is 10.5. The summed E-state index contributed by atoms with van der Waals surface area (Å²) in [5.74, 6) is -3.25. The number of unbranched alkanes of at least 4 members (excludes halogenated alkanes) is 2. The standard InChI is InChI=1S/2C8H14O4S.C2H4/c2*1-2-3-4-8(12,7(10)11)5-6(9)13;1-2/h2*12H,2-5H2,1H3,(H,9,13)(H,10,11);1-2H2/p-4. The minimum absolute atomic E-state index is 0.00815. The summed E-state index contributed by atoms with van der Waals surface area (Å²) in [5, 5.41) is 38.4. The van der Waals surface area contributed by atoms with Crippen molar-refractivity contribution >= 4 is 47.4 Å². The minimum Gasteiger partial charge on any atom is -0.742 e. The second-order valence-electron chi connectivity index (χ2n) is 5.94. The predicted molar refractivity (Wildman–Crippen MR) is 104 cm³/mol. The van der Waals surface area contributed by atoms with Crippen LogP contribution in [0.25, 0.3) is 0 Å². The summed E-state index contributed by atoms with van der Waals surface area (Å²) in [5.41, 5.74) is -4.15. The van der Waals surface area contributed by atoms with Crippen LogP contribution >= 0.6 is 0 Å². The number of carbonyl (C=O) groups is 4. The summed E-state index contributed by atoms with van der Waals surface area (Å²) in [6.07, 6.45) is 1.43. The Kier molecular flexibility index (Phi) is 18.1. The van der Waals surface area contributed by atoms with E-state index in [0.717, 1.165) is 12.8 Å².